The maximum Gasteiger partial charge on any atom is 0.254 e. The van der Waals surface area contributed by atoms with Crippen LogP contribution in [0.15, 0.2) is 71.3 Å². The van der Waals surface area contributed by atoms with Gasteiger partial charge in [-0.3, -0.25) is 9.52 Å². The lowest BCUT2D eigenvalue weighted by atomic mass is 10.1. The van der Waals surface area contributed by atoms with E-state index in [1.165, 1.54) is 17.2 Å². The maximum absolute atomic E-state index is 13.1. The standard InChI is InChI=1S/C20H20N2O5S/c1-28(25,26)21-17-8-4-7-15(12-17)20(24)22(14-18-9-5-11-27-18)13-16-6-2-3-10-19(16)23/h2-12,21,23H,13-14H2,1H3. The van der Waals surface area contributed by atoms with E-state index in [9.17, 15) is 18.3 Å². The Labute approximate surface area is 163 Å². The third kappa shape index (κ3) is 5.14. The minimum Gasteiger partial charge on any atom is -0.508 e. The van der Waals surface area contributed by atoms with Crippen LogP contribution in [-0.2, 0) is 23.1 Å². The fourth-order valence-electron chi connectivity index (χ4n) is 2.75. The Morgan fingerprint density at radius 3 is 2.54 bits per heavy atom. The van der Waals surface area contributed by atoms with Crippen molar-refractivity contribution in [2.75, 3.05) is 11.0 Å². The highest BCUT2D eigenvalue weighted by atomic mass is 32.2. The molecule has 0 unspecified atom stereocenters. The number of carbonyl (C=O) groups excluding carboxylic acids is 1. The fraction of sp³-hybridized carbons (Fsp3) is 0.150. The first-order chi connectivity index (χ1) is 13.3. The molecule has 1 amide bonds. The van der Waals surface area contributed by atoms with Crippen LogP contribution in [0.1, 0.15) is 21.7 Å². The highest BCUT2D eigenvalue weighted by molar-refractivity contribution is 7.92. The van der Waals surface area contributed by atoms with Crippen molar-refractivity contribution in [3.63, 3.8) is 0 Å². The Morgan fingerprint density at radius 2 is 1.86 bits per heavy atom. The molecule has 0 spiro atoms. The van der Waals surface area contributed by atoms with Crippen LogP contribution >= 0.6 is 0 Å². The second kappa shape index (κ2) is 8.18. The molecule has 1 aromatic heterocycles. The van der Waals surface area contributed by atoms with Gasteiger partial charge in [-0.1, -0.05) is 24.3 Å². The van der Waals surface area contributed by atoms with E-state index in [1.807, 2.05) is 0 Å². The molecule has 0 radical (unpaired) electrons. The third-order valence-electron chi connectivity index (χ3n) is 3.98. The number of para-hydroxylation sites is 1. The Hall–Kier alpha value is -3.26. The zero-order valence-electron chi connectivity index (χ0n) is 15.2. The summed E-state index contributed by atoms with van der Waals surface area (Å²) < 4.78 is 30.6. The number of sulfonamides is 1. The third-order valence-corrected chi connectivity index (χ3v) is 4.59. The van der Waals surface area contributed by atoms with Crippen LogP contribution < -0.4 is 4.72 Å². The van der Waals surface area contributed by atoms with Crippen LogP contribution in [0.5, 0.6) is 5.75 Å². The molecule has 146 valence electrons. The van der Waals surface area contributed by atoms with Crippen molar-refractivity contribution in [3.05, 3.63) is 83.8 Å². The number of furan rings is 1. The second-order valence-electron chi connectivity index (χ2n) is 6.32. The summed E-state index contributed by atoms with van der Waals surface area (Å²) in [7, 11) is -3.46. The normalized spacial score (nSPS) is 11.2. The number of anilines is 1. The van der Waals surface area contributed by atoms with Crippen molar-refractivity contribution in [2.45, 2.75) is 13.1 Å². The monoisotopic (exact) mass is 400 g/mol. The molecule has 0 saturated carbocycles. The number of nitrogens with one attached hydrogen (secondary N) is 1. The summed E-state index contributed by atoms with van der Waals surface area (Å²) in [6.45, 7) is 0.361. The average Bonchev–Trinajstić information content (AvgIpc) is 3.14. The second-order valence-corrected chi connectivity index (χ2v) is 8.07. The van der Waals surface area contributed by atoms with Crippen molar-refractivity contribution >= 4 is 21.6 Å². The van der Waals surface area contributed by atoms with Gasteiger partial charge < -0.3 is 14.4 Å². The van der Waals surface area contributed by atoms with Crippen molar-refractivity contribution in [1.82, 2.24) is 4.90 Å². The molecule has 0 fully saturated rings. The largest absolute Gasteiger partial charge is 0.508 e. The van der Waals surface area contributed by atoms with E-state index in [2.05, 4.69) is 4.72 Å². The summed E-state index contributed by atoms with van der Waals surface area (Å²) in [5.41, 5.74) is 1.21. The predicted octanol–water partition coefficient (Wildman–Crippen LogP) is 3.20. The van der Waals surface area contributed by atoms with Gasteiger partial charge in [0.1, 0.15) is 11.5 Å². The first kappa shape index (κ1) is 19.5. The van der Waals surface area contributed by atoms with Gasteiger partial charge in [-0.15, -0.1) is 0 Å². The maximum atomic E-state index is 13.1. The van der Waals surface area contributed by atoms with E-state index in [4.69, 9.17) is 4.42 Å². The molecular weight excluding hydrogens is 380 g/mol. The summed E-state index contributed by atoms with van der Waals surface area (Å²) in [4.78, 5) is 14.7. The van der Waals surface area contributed by atoms with Crippen LogP contribution in [0, 0.1) is 0 Å². The molecule has 0 aliphatic carbocycles. The Kier molecular flexibility index (Phi) is 5.70. The SMILES string of the molecule is CS(=O)(=O)Nc1cccc(C(=O)N(Cc2ccco2)Cc2ccccc2O)c1. The summed E-state index contributed by atoms with van der Waals surface area (Å²) in [5.74, 6) is 0.359. The molecular formula is C20H20N2O5S. The number of aromatic hydroxyl groups is 1. The van der Waals surface area contributed by atoms with Gasteiger partial charge in [0.25, 0.3) is 5.91 Å². The lowest BCUT2D eigenvalue weighted by molar-refractivity contribution is 0.0716. The summed E-state index contributed by atoms with van der Waals surface area (Å²) in [6.07, 6.45) is 2.57. The smallest absolute Gasteiger partial charge is 0.254 e. The van der Waals surface area contributed by atoms with Gasteiger partial charge >= 0.3 is 0 Å². The minimum absolute atomic E-state index is 0.0900. The van der Waals surface area contributed by atoms with Gasteiger partial charge in [0.2, 0.25) is 10.0 Å². The first-order valence-electron chi connectivity index (χ1n) is 8.48. The number of hydrogen-bond acceptors (Lipinski definition) is 5. The molecule has 0 bridgehead atoms. The molecule has 0 aliphatic heterocycles. The highest BCUT2D eigenvalue weighted by Crippen LogP contribution is 2.22. The Morgan fingerprint density at radius 1 is 1.07 bits per heavy atom. The number of carbonyl (C=O) groups is 1. The van der Waals surface area contributed by atoms with Gasteiger partial charge in [-0.2, -0.15) is 0 Å². The Balaban J connectivity index is 1.90. The van der Waals surface area contributed by atoms with E-state index >= 15 is 0 Å². The van der Waals surface area contributed by atoms with Gasteiger partial charge in [0.05, 0.1) is 25.6 Å². The lowest BCUT2D eigenvalue weighted by Gasteiger charge is -2.22. The lowest BCUT2D eigenvalue weighted by Crippen LogP contribution is -2.30. The van der Waals surface area contributed by atoms with E-state index in [0.29, 0.717) is 22.6 Å². The van der Waals surface area contributed by atoms with E-state index in [-0.39, 0.29) is 24.7 Å². The molecule has 0 atom stereocenters. The number of rotatable bonds is 7. The number of nitrogens with zero attached hydrogens (tertiary/aromatic N) is 1. The van der Waals surface area contributed by atoms with Crippen molar-refractivity contribution in [2.24, 2.45) is 0 Å². The molecule has 1 heterocycles. The van der Waals surface area contributed by atoms with Crippen molar-refractivity contribution < 1.29 is 22.7 Å². The van der Waals surface area contributed by atoms with Crippen LogP contribution in [-0.4, -0.2) is 30.6 Å². The number of phenols is 1. The summed E-state index contributed by atoms with van der Waals surface area (Å²) in [6, 6.07) is 16.5. The molecule has 28 heavy (non-hydrogen) atoms. The molecule has 2 N–H and O–H groups in total. The van der Waals surface area contributed by atoms with Gasteiger partial charge in [0.15, 0.2) is 0 Å². The molecule has 3 aromatic rings. The molecule has 8 heteroatoms. The minimum atomic E-state index is -3.46. The molecule has 2 aromatic carbocycles. The zero-order chi connectivity index (χ0) is 20.1. The van der Waals surface area contributed by atoms with Crippen LogP contribution in [0.4, 0.5) is 5.69 Å². The molecule has 3 rings (SSSR count). The average molecular weight is 400 g/mol. The summed E-state index contributed by atoms with van der Waals surface area (Å²) in [5, 5.41) is 10.1. The number of benzene rings is 2. The van der Waals surface area contributed by atoms with E-state index in [0.717, 1.165) is 6.26 Å². The summed E-state index contributed by atoms with van der Waals surface area (Å²) >= 11 is 0. The molecule has 7 nitrogen and oxygen atoms in total. The molecule has 0 aliphatic rings. The van der Waals surface area contributed by atoms with Crippen molar-refractivity contribution in [3.8, 4) is 5.75 Å². The van der Waals surface area contributed by atoms with Crippen LogP contribution in [0.2, 0.25) is 0 Å². The Bertz CT molecular complexity index is 1060. The first-order valence-corrected chi connectivity index (χ1v) is 10.4. The molecule has 0 saturated heterocycles. The van der Waals surface area contributed by atoms with Gasteiger partial charge in [-0.25, -0.2) is 8.42 Å². The zero-order valence-corrected chi connectivity index (χ0v) is 16.0. The number of hydrogen-bond donors (Lipinski definition) is 2. The quantitative estimate of drug-likeness (QED) is 0.634. The van der Waals surface area contributed by atoms with Crippen LogP contribution in [0.25, 0.3) is 0 Å². The van der Waals surface area contributed by atoms with E-state index < -0.39 is 10.0 Å². The predicted molar refractivity (Wildman–Crippen MR) is 105 cm³/mol. The van der Waals surface area contributed by atoms with Crippen molar-refractivity contribution in [1.29, 1.82) is 0 Å². The van der Waals surface area contributed by atoms with E-state index in [1.54, 1.807) is 54.6 Å². The number of phenolic OH excluding ortho intramolecular Hbond substituents is 1. The van der Waals surface area contributed by atoms with Crippen LogP contribution in [0.3, 0.4) is 0 Å². The topological polar surface area (TPSA) is 99.9 Å². The highest BCUT2D eigenvalue weighted by Gasteiger charge is 2.19. The fourth-order valence-corrected chi connectivity index (χ4v) is 3.31. The van der Waals surface area contributed by atoms with Gasteiger partial charge in [-0.05, 0) is 36.4 Å². The number of amides is 1. The van der Waals surface area contributed by atoms with Gasteiger partial charge in [0, 0.05) is 16.8 Å².